The number of amides is 9. The minimum Gasteiger partial charge on any atom is -0.493 e. The first-order chi connectivity index (χ1) is 66.5. The lowest BCUT2D eigenvalue weighted by molar-refractivity contribution is -0.149. The van der Waals surface area contributed by atoms with Gasteiger partial charge in [0.05, 0.1) is 167 Å². The van der Waals surface area contributed by atoms with E-state index in [9.17, 15) is 76.7 Å². The Hall–Kier alpha value is -11.2. The molecular weight excluding hydrogens is 1820 g/mol. The number of esters is 1. The minimum atomic E-state index is -1.17. The lowest BCUT2D eigenvalue weighted by Crippen LogP contribution is -2.46. The van der Waals surface area contributed by atoms with Gasteiger partial charge in [0.15, 0.2) is 23.2 Å². The number of aromatic nitrogens is 3. The number of likely N-dealkylation sites (tertiary alicyclic amines) is 1. The average Bonchev–Trinajstić information content (AvgIpc) is 1.62. The number of hydrogen-bond donors (Lipinski definition) is 6. The van der Waals surface area contributed by atoms with E-state index < -0.39 is 96.4 Å². The van der Waals surface area contributed by atoms with Crippen LogP contribution >= 0.6 is 11.8 Å². The van der Waals surface area contributed by atoms with Gasteiger partial charge in [0, 0.05) is 174 Å². The predicted octanol–water partition coefficient (Wildman–Crippen LogP) is 5.64. The van der Waals surface area contributed by atoms with Crippen molar-refractivity contribution in [1.82, 2.24) is 50.5 Å². The van der Waals surface area contributed by atoms with Crippen molar-refractivity contribution in [1.29, 1.82) is 0 Å². The highest BCUT2D eigenvalue weighted by Crippen LogP contribution is 2.35. The molecule has 3 aliphatic rings. The summed E-state index contributed by atoms with van der Waals surface area (Å²) in [5.74, 6) is -6.72. The van der Waals surface area contributed by atoms with Crippen LogP contribution in [0.25, 0.3) is 11.1 Å². The molecule has 2 fully saturated rings. The molecule has 41 nitrogen and oxygen atoms in total. The van der Waals surface area contributed by atoms with Gasteiger partial charge in [-0.25, -0.2) is 14.6 Å². The number of fused-ring (bicyclic) bond motifs is 2. The first-order valence-corrected chi connectivity index (χ1v) is 48.0. The number of thioether (sulfide) groups is 1. The topological polar surface area (TPSA) is 507 Å². The molecule has 5 heterocycles. The maximum absolute atomic E-state index is 13.7. The van der Waals surface area contributed by atoms with Crippen LogP contribution in [0.5, 0.6) is 5.75 Å². The van der Waals surface area contributed by atoms with Gasteiger partial charge in [-0.2, -0.15) is 11.8 Å². The van der Waals surface area contributed by atoms with Gasteiger partial charge in [-0.05, 0) is 80.0 Å². The summed E-state index contributed by atoms with van der Waals surface area (Å²) in [6.07, 6.45) is 6.68. The van der Waals surface area contributed by atoms with Crippen molar-refractivity contribution in [2.45, 2.75) is 154 Å². The molecule has 7 rings (SSSR count). The van der Waals surface area contributed by atoms with Crippen LogP contribution in [0.4, 0.5) is 16.3 Å². The van der Waals surface area contributed by atoms with E-state index >= 15 is 0 Å². The van der Waals surface area contributed by atoms with Gasteiger partial charge >= 0.3 is 12.1 Å². The standard InChI is InChI=1S/C96H136N12O29S/c1-65(2)90(95(123)136-33-12-27-97-92(120)79-55-70(62-105(79)5)69-18-16-68(17-19-69)53-81(114)91-103-84(63-106(91)6)102-87(117)15-11-32-135-82-56-78-77(52-67(82)4)93(121)108-61-66(3)51-72(108)58-99-78)104-88(118)24-28-98-96(124)137-64-71(80(113)14-10-31-127-38-40-130-43-44-132-47-48-134-50-49-133-46-45-131-42-41-129-36-35-125-7)54-76(112)60-101-86(116)23-21-75(111)59-100-85(115)22-20-74(110)26-34-128-39-37-126-30-9-13-73(109)25-29-107-89(119)57-83(138-8)94(107)122/h16-19,52,55-56,58,62-63,65,71-72,83,90H,3,9-15,20-51,53-54,57,59-61,64H2,1-2,4-8H3,(H,97,120)(H,98,124)(H,100,115)(H,101,116)(H,102,117)(H,104,118)/t71?,72-,83?,90-/m0/s1. The quantitative estimate of drug-likeness (QED) is 0.0102. The van der Waals surface area contributed by atoms with Crippen LogP contribution in [0.3, 0.4) is 0 Å². The first-order valence-electron chi connectivity index (χ1n) is 46.8. The number of carbonyl (C=O) groups is 16. The second-order valence-corrected chi connectivity index (χ2v) is 34.4. The predicted molar refractivity (Wildman–Crippen MR) is 505 cm³/mol. The molecule has 9 amide bonds. The Bertz CT molecular complexity index is 4710. The number of aryl methyl sites for hydroxylation is 3. The van der Waals surface area contributed by atoms with Crippen molar-refractivity contribution >= 4 is 124 Å². The van der Waals surface area contributed by atoms with E-state index in [1.54, 1.807) is 92.1 Å². The fraction of sp³-hybridized carbons (Fsp3) is 0.604. The molecule has 0 bridgehead atoms. The van der Waals surface area contributed by atoms with E-state index in [1.807, 2.05) is 31.2 Å². The third-order valence-corrected chi connectivity index (χ3v) is 22.9. The van der Waals surface area contributed by atoms with Gasteiger partial charge < -0.3 is 108 Å². The molecule has 0 saturated carbocycles. The number of benzene rings is 2. The molecule has 2 aromatic carbocycles. The van der Waals surface area contributed by atoms with E-state index in [2.05, 4.69) is 48.5 Å². The number of alkyl carbamates (subject to hydrolysis) is 1. The van der Waals surface area contributed by atoms with Crippen LogP contribution in [-0.2, 0) is 135 Å². The van der Waals surface area contributed by atoms with Gasteiger partial charge in [-0.15, -0.1) is 0 Å². The lowest BCUT2D eigenvalue weighted by Gasteiger charge is -2.21. The number of carbonyl (C=O) groups excluding carboxylic acids is 16. The fourth-order valence-electron chi connectivity index (χ4n) is 14.3. The molecule has 4 atom stereocenters. The monoisotopic (exact) mass is 1950 g/mol. The molecule has 2 unspecified atom stereocenters. The van der Waals surface area contributed by atoms with Crippen LogP contribution in [0, 0.1) is 18.8 Å². The second kappa shape index (κ2) is 64.1. The van der Waals surface area contributed by atoms with Gasteiger partial charge in [-0.1, -0.05) is 50.3 Å². The number of anilines is 1. The molecule has 42 heteroatoms. The van der Waals surface area contributed by atoms with Crippen LogP contribution in [-0.4, -0.2) is 339 Å². The number of methoxy groups -OCH3 is 1. The molecule has 0 spiro atoms. The smallest absolute Gasteiger partial charge is 0.407 e. The average molecular weight is 1950 g/mol. The number of Topliss-reactive ketones (excluding diaryl/α,β-unsaturated/α-hetero) is 6. The highest BCUT2D eigenvalue weighted by Gasteiger charge is 2.39. The Labute approximate surface area is 808 Å². The number of ketones is 6. The first kappa shape index (κ1) is 114. The van der Waals surface area contributed by atoms with Gasteiger partial charge in [0.25, 0.3) is 11.8 Å². The number of nitrogens with zero attached hydrogens (tertiary/aromatic N) is 6. The summed E-state index contributed by atoms with van der Waals surface area (Å²) < 4.78 is 74.5. The van der Waals surface area contributed by atoms with Gasteiger partial charge in [0.2, 0.25) is 41.2 Å². The number of ether oxygens (including phenoxy) is 13. The van der Waals surface area contributed by atoms with Crippen molar-refractivity contribution in [2.24, 2.45) is 30.9 Å². The number of rotatable bonds is 75. The molecule has 3 aliphatic heterocycles. The SMILES string of the molecule is C=C1C[C@H]2C=Nc3cc(OCCCC(=O)Nc4cn(C)c(C(=O)Cc5ccc(-c6cc(C(=O)NCCCOC(=O)[C@@H](NC(=O)CCNC(=O)OCC(CC(=O)CNC(=O)CCC(=O)CNC(=O)CCC(=O)CCOCCOCCCC(=O)CCN7C(=O)CC(SC)C7=O)C(=O)CCCOCCOCCOCCOCCOCCOCCOCCOC)C(C)C)n(C)c6)cc5)n4)c(C)cc3C(=O)N2C1. The highest BCUT2D eigenvalue weighted by molar-refractivity contribution is 8.00. The van der Waals surface area contributed by atoms with E-state index in [-0.39, 0.29) is 234 Å². The lowest BCUT2D eigenvalue weighted by atomic mass is 9.95. The summed E-state index contributed by atoms with van der Waals surface area (Å²) >= 11 is 1.31. The number of imide groups is 1. The van der Waals surface area contributed by atoms with Crippen LogP contribution in [0.1, 0.15) is 166 Å². The summed E-state index contributed by atoms with van der Waals surface area (Å²) in [5, 5.41) is 15.1. The molecular formula is C96H136N12O29S. The van der Waals surface area contributed by atoms with E-state index in [0.29, 0.717) is 133 Å². The molecule has 138 heavy (non-hydrogen) atoms. The zero-order valence-corrected chi connectivity index (χ0v) is 81.1. The third-order valence-electron chi connectivity index (χ3n) is 22.0. The Morgan fingerprint density at radius 2 is 1.14 bits per heavy atom. The summed E-state index contributed by atoms with van der Waals surface area (Å²) in [6.45, 7) is 14.7. The largest absolute Gasteiger partial charge is 0.493 e. The molecule has 4 aromatic rings. The number of nitrogens with one attached hydrogen (secondary N) is 6. The van der Waals surface area contributed by atoms with Crippen LogP contribution < -0.4 is 36.6 Å². The van der Waals surface area contributed by atoms with Crippen molar-refractivity contribution in [3.8, 4) is 16.9 Å². The highest BCUT2D eigenvalue weighted by atomic mass is 32.2. The van der Waals surface area contributed by atoms with E-state index in [4.69, 9.17) is 61.6 Å². The maximum atomic E-state index is 13.7. The fourth-order valence-corrected chi connectivity index (χ4v) is 14.9. The second-order valence-electron chi connectivity index (χ2n) is 33.4. The molecule has 2 aromatic heterocycles. The molecule has 6 N–H and O–H groups in total. The zero-order chi connectivity index (χ0) is 99.9. The summed E-state index contributed by atoms with van der Waals surface area (Å²) in [4.78, 5) is 219. The van der Waals surface area contributed by atoms with Crippen LogP contribution in [0.15, 0.2) is 72.0 Å². The summed E-state index contributed by atoms with van der Waals surface area (Å²) in [6, 6.07) is 11.3. The van der Waals surface area contributed by atoms with Gasteiger partial charge in [0.1, 0.15) is 41.4 Å². The third kappa shape index (κ3) is 43.1. The Morgan fingerprint density at radius 3 is 1.75 bits per heavy atom. The normalized spacial score (nSPS) is 14.3. The summed E-state index contributed by atoms with van der Waals surface area (Å²) in [7, 11) is 5.00. The Morgan fingerprint density at radius 1 is 0.551 bits per heavy atom. The zero-order valence-electron chi connectivity index (χ0n) is 80.3. The number of imidazole rings is 1. The summed E-state index contributed by atoms with van der Waals surface area (Å²) in [5.41, 5.74) is 5.37. The Kier molecular flexibility index (Phi) is 52.9. The minimum absolute atomic E-state index is 0.0222. The molecule has 0 aliphatic carbocycles. The van der Waals surface area contributed by atoms with E-state index in [0.717, 1.165) is 27.2 Å². The van der Waals surface area contributed by atoms with E-state index in [1.165, 1.54) is 11.8 Å². The van der Waals surface area contributed by atoms with Crippen LogP contribution in [0.2, 0.25) is 0 Å². The molecule has 0 radical (unpaired) electrons. The van der Waals surface area contributed by atoms with Crippen molar-refractivity contribution in [3.63, 3.8) is 0 Å². The molecule has 760 valence electrons. The van der Waals surface area contributed by atoms with Crippen molar-refractivity contribution in [3.05, 3.63) is 95.2 Å². The number of hydrogen-bond acceptors (Lipinski definition) is 32. The van der Waals surface area contributed by atoms with Gasteiger partial charge in [-0.3, -0.25) is 77.0 Å². The Balaban J connectivity index is 0.747. The number of aliphatic imine (C=N–C) groups is 1. The van der Waals surface area contributed by atoms with Crippen molar-refractivity contribution in [2.75, 3.05) is 203 Å². The maximum Gasteiger partial charge on any atom is 0.407 e. The molecule has 2 saturated heterocycles. The van der Waals surface area contributed by atoms with Crippen molar-refractivity contribution < 1.29 is 138 Å².